The summed E-state index contributed by atoms with van der Waals surface area (Å²) < 4.78 is 133. The minimum Gasteiger partial charge on any atom is -0.308 e. The van der Waals surface area contributed by atoms with Gasteiger partial charge in [-0.15, -0.1) is 0 Å². The van der Waals surface area contributed by atoms with Gasteiger partial charge >= 0.3 is 18.5 Å². The van der Waals surface area contributed by atoms with Crippen LogP contribution in [0.5, 0.6) is 0 Å². The van der Waals surface area contributed by atoms with E-state index in [1.165, 1.54) is 24.3 Å². The number of hydrogen-bond donors (Lipinski definition) is 0. The van der Waals surface area contributed by atoms with Crippen LogP contribution in [0, 0.1) is 20.4 Å². The standard InChI is InChI=1S/C54H32F9N3/c1-30-20-34(24-36(22-30)52(55,56)57)32-16-18-41-39-11-5-8-14-46(39)65(48(41)26-32)50-28-43(38-10-4-7-13-44(38)54(61,62)63)45(64-3)29-51(50)66-47-15-9-6-12-40(47)42-19-17-33(27-49(42)66)35-21-31(2)23-37(25-35)53(58,59)60/h4-29H,1-2H3. The van der Waals surface area contributed by atoms with E-state index in [0.717, 1.165) is 41.1 Å². The molecule has 326 valence electrons. The van der Waals surface area contributed by atoms with Crippen molar-refractivity contribution in [1.29, 1.82) is 0 Å². The highest BCUT2D eigenvalue weighted by atomic mass is 19.4. The van der Waals surface area contributed by atoms with Crippen LogP contribution in [0.3, 0.4) is 0 Å². The lowest BCUT2D eigenvalue weighted by atomic mass is 9.96. The Hall–Kier alpha value is -7.78. The van der Waals surface area contributed by atoms with Crippen molar-refractivity contribution < 1.29 is 39.5 Å². The third-order valence-corrected chi connectivity index (χ3v) is 12.0. The third kappa shape index (κ3) is 7.12. The Morgan fingerprint density at radius 2 is 0.833 bits per heavy atom. The Morgan fingerprint density at radius 1 is 0.394 bits per heavy atom. The molecule has 2 aromatic heterocycles. The van der Waals surface area contributed by atoms with Crippen molar-refractivity contribution in [1.82, 2.24) is 9.13 Å². The summed E-state index contributed by atoms with van der Waals surface area (Å²) in [5, 5.41) is 2.90. The molecule has 0 aliphatic rings. The summed E-state index contributed by atoms with van der Waals surface area (Å²) in [5.41, 5.74) is 2.26. The first-order valence-corrected chi connectivity index (χ1v) is 20.6. The van der Waals surface area contributed by atoms with Gasteiger partial charge in [0.2, 0.25) is 0 Å². The molecular formula is C54H32F9N3. The fourth-order valence-electron chi connectivity index (χ4n) is 9.24. The van der Waals surface area contributed by atoms with E-state index in [-0.39, 0.29) is 16.8 Å². The summed E-state index contributed by atoms with van der Waals surface area (Å²) in [6.07, 6.45) is -14.0. The van der Waals surface area contributed by atoms with Crippen LogP contribution in [0.4, 0.5) is 45.2 Å². The van der Waals surface area contributed by atoms with E-state index in [4.69, 9.17) is 6.57 Å². The Morgan fingerprint density at radius 3 is 1.30 bits per heavy atom. The smallest absolute Gasteiger partial charge is 0.308 e. The molecule has 10 aromatic rings. The maximum absolute atomic E-state index is 14.8. The number of halogens is 9. The maximum atomic E-state index is 14.8. The number of alkyl halides is 9. The van der Waals surface area contributed by atoms with Crippen molar-refractivity contribution in [3.8, 4) is 44.8 Å². The fraction of sp³-hybridized carbons (Fsp3) is 0.0926. The first-order chi connectivity index (χ1) is 31.4. The monoisotopic (exact) mass is 893 g/mol. The fourth-order valence-corrected chi connectivity index (χ4v) is 9.24. The van der Waals surface area contributed by atoms with Gasteiger partial charge in [-0.1, -0.05) is 91.0 Å². The zero-order chi connectivity index (χ0) is 46.4. The number of rotatable bonds is 5. The maximum Gasteiger partial charge on any atom is 0.416 e. The lowest BCUT2D eigenvalue weighted by molar-refractivity contribution is -0.138. The van der Waals surface area contributed by atoms with E-state index in [0.29, 0.717) is 77.6 Å². The van der Waals surface area contributed by atoms with Crippen LogP contribution >= 0.6 is 0 Å². The average molecular weight is 894 g/mol. The van der Waals surface area contributed by atoms with Gasteiger partial charge in [-0.3, -0.25) is 0 Å². The predicted octanol–water partition coefficient (Wildman–Crippen LogP) is 17.1. The molecule has 3 nitrogen and oxygen atoms in total. The number of aromatic nitrogens is 2. The van der Waals surface area contributed by atoms with Crippen LogP contribution in [0.1, 0.15) is 27.8 Å². The van der Waals surface area contributed by atoms with Crippen molar-refractivity contribution in [2.75, 3.05) is 0 Å². The molecule has 0 bridgehead atoms. The third-order valence-electron chi connectivity index (χ3n) is 12.0. The molecule has 12 heteroatoms. The van der Waals surface area contributed by atoms with Crippen LogP contribution in [0.25, 0.3) is 93.2 Å². The van der Waals surface area contributed by atoms with Crippen LogP contribution in [-0.2, 0) is 18.5 Å². The van der Waals surface area contributed by atoms with Crippen molar-refractivity contribution in [2.24, 2.45) is 0 Å². The summed E-state index contributed by atoms with van der Waals surface area (Å²) in [7, 11) is 0. The minimum absolute atomic E-state index is 0.0202. The first-order valence-electron chi connectivity index (χ1n) is 20.6. The summed E-state index contributed by atoms with van der Waals surface area (Å²) in [5.74, 6) is 0. The molecule has 0 unspecified atom stereocenters. The van der Waals surface area contributed by atoms with E-state index in [1.807, 2.05) is 57.7 Å². The SMILES string of the molecule is [C-]#[N+]c1cc(-n2c3ccccc3c3ccc(-c4cc(C)cc(C(F)(F)F)c4)cc32)c(-n2c3ccccc3c3ccc(-c4cc(C)cc(C(F)(F)F)c4)cc32)cc1-c1ccccc1C(F)(F)F. The normalized spacial score (nSPS) is 12.5. The van der Waals surface area contributed by atoms with Crippen LogP contribution in [0.15, 0.2) is 158 Å². The molecular weight excluding hydrogens is 862 g/mol. The first kappa shape index (κ1) is 42.2. The summed E-state index contributed by atoms with van der Waals surface area (Å²) in [6, 6.07) is 40.9. The molecule has 0 N–H and O–H groups in total. The average Bonchev–Trinajstić information content (AvgIpc) is 3.79. The van der Waals surface area contributed by atoms with Crippen LogP contribution < -0.4 is 0 Å². The van der Waals surface area contributed by atoms with Gasteiger partial charge in [0.05, 0.1) is 56.7 Å². The van der Waals surface area contributed by atoms with E-state index in [1.54, 1.807) is 68.4 Å². The van der Waals surface area contributed by atoms with Gasteiger partial charge in [-0.2, -0.15) is 39.5 Å². The van der Waals surface area contributed by atoms with E-state index in [9.17, 15) is 39.5 Å². The summed E-state index contributed by atoms with van der Waals surface area (Å²) in [6.45, 7) is 11.6. The molecule has 8 aromatic carbocycles. The number of para-hydroxylation sites is 2. The van der Waals surface area contributed by atoms with Gasteiger partial charge < -0.3 is 9.13 Å². The molecule has 0 saturated heterocycles. The molecule has 0 aliphatic carbocycles. The Labute approximate surface area is 371 Å². The molecule has 66 heavy (non-hydrogen) atoms. The molecule has 0 radical (unpaired) electrons. The highest BCUT2D eigenvalue weighted by molar-refractivity contribution is 6.13. The zero-order valence-electron chi connectivity index (χ0n) is 34.8. The number of benzene rings is 8. The summed E-state index contributed by atoms with van der Waals surface area (Å²) >= 11 is 0. The van der Waals surface area contributed by atoms with Crippen molar-refractivity contribution in [3.05, 3.63) is 197 Å². The van der Waals surface area contributed by atoms with Crippen molar-refractivity contribution in [3.63, 3.8) is 0 Å². The van der Waals surface area contributed by atoms with Crippen LogP contribution in [0.2, 0.25) is 0 Å². The van der Waals surface area contributed by atoms with Crippen molar-refractivity contribution >= 4 is 49.3 Å². The predicted molar refractivity (Wildman–Crippen MR) is 242 cm³/mol. The van der Waals surface area contributed by atoms with E-state index in [2.05, 4.69) is 4.85 Å². The molecule has 0 saturated carbocycles. The topological polar surface area (TPSA) is 14.2 Å². The number of aryl methyl sites for hydroxylation is 2. The second-order valence-electron chi connectivity index (χ2n) is 16.4. The van der Waals surface area contributed by atoms with Crippen molar-refractivity contribution in [2.45, 2.75) is 32.4 Å². The molecule has 0 fully saturated rings. The van der Waals surface area contributed by atoms with Crippen LogP contribution in [-0.4, -0.2) is 9.13 Å². The lowest BCUT2D eigenvalue weighted by Crippen LogP contribution is -2.08. The largest absolute Gasteiger partial charge is 0.416 e. The molecule has 2 heterocycles. The number of nitrogens with zero attached hydrogens (tertiary/aromatic N) is 3. The lowest BCUT2D eigenvalue weighted by Gasteiger charge is -2.21. The van der Waals surface area contributed by atoms with Gasteiger partial charge in [0.15, 0.2) is 5.69 Å². The highest BCUT2D eigenvalue weighted by Crippen LogP contribution is 2.47. The molecule has 0 atom stereocenters. The number of hydrogen-bond acceptors (Lipinski definition) is 0. The van der Waals surface area contributed by atoms with Gasteiger partial charge in [0, 0.05) is 21.5 Å². The van der Waals surface area contributed by atoms with Gasteiger partial charge in [-0.25, -0.2) is 4.85 Å². The minimum atomic E-state index is -4.80. The van der Waals surface area contributed by atoms with E-state index < -0.39 is 35.2 Å². The van der Waals surface area contributed by atoms with E-state index >= 15 is 0 Å². The molecule has 0 amide bonds. The van der Waals surface area contributed by atoms with Gasteiger partial charge in [0.1, 0.15) is 0 Å². The zero-order valence-corrected chi connectivity index (χ0v) is 34.8. The summed E-state index contributed by atoms with van der Waals surface area (Å²) in [4.78, 5) is 3.81. The second-order valence-corrected chi connectivity index (χ2v) is 16.4. The molecule has 10 rings (SSSR count). The molecule has 0 spiro atoms. The highest BCUT2D eigenvalue weighted by Gasteiger charge is 2.35. The number of fused-ring (bicyclic) bond motifs is 6. The quantitative estimate of drug-likeness (QED) is 0.121. The Balaban J connectivity index is 1.35. The Kier molecular flexibility index (Phi) is 9.69. The van der Waals surface area contributed by atoms with Gasteiger partial charge in [0.25, 0.3) is 0 Å². The molecule has 0 aliphatic heterocycles. The van der Waals surface area contributed by atoms with Gasteiger partial charge in [-0.05, 0) is 125 Å². The Bertz CT molecular complexity index is 3650. The second kappa shape index (κ2) is 15.2.